The summed E-state index contributed by atoms with van der Waals surface area (Å²) in [6.07, 6.45) is 9.13. The van der Waals surface area contributed by atoms with Crippen LogP contribution in [0.15, 0.2) is 35.5 Å². The van der Waals surface area contributed by atoms with Crippen molar-refractivity contribution in [3.8, 4) is 0 Å². The average molecular weight is 360 g/mol. The van der Waals surface area contributed by atoms with Gasteiger partial charge in [-0.15, -0.1) is 0 Å². The molecule has 2 heterocycles. The van der Waals surface area contributed by atoms with Gasteiger partial charge in [-0.2, -0.15) is 0 Å². The zero-order chi connectivity index (χ0) is 19.1. The topological polar surface area (TPSA) is 51.4 Å². The van der Waals surface area contributed by atoms with Gasteiger partial charge in [-0.3, -0.25) is 4.79 Å². The summed E-state index contributed by atoms with van der Waals surface area (Å²) in [5, 5.41) is 0. The first-order chi connectivity index (χ1) is 12.1. The molecule has 2 saturated heterocycles. The first-order valence-electron chi connectivity index (χ1n) is 9.69. The molecular formula is C22H32O4. The lowest BCUT2D eigenvalue weighted by Crippen LogP contribution is -2.27. The van der Waals surface area contributed by atoms with Gasteiger partial charge in [0.05, 0.1) is 23.4 Å². The highest BCUT2D eigenvalue weighted by Crippen LogP contribution is 2.49. The Balaban J connectivity index is 1.87. The summed E-state index contributed by atoms with van der Waals surface area (Å²) in [6.45, 7) is 14.0. The molecule has 3 aliphatic rings. The molecule has 3 rings (SSSR count). The van der Waals surface area contributed by atoms with Gasteiger partial charge in [0.1, 0.15) is 6.10 Å². The first kappa shape index (κ1) is 19.4. The van der Waals surface area contributed by atoms with E-state index in [4.69, 9.17) is 14.2 Å². The lowest BCUT2D eigenvalue weighted by Gasteiger charge is -2.23. The summed E-state index contributed by atoms with van der Waals surface area (Å²) in [5.41, 5.74) is 2.95. The second-order valence-electron chi connectivity index (χ2n) is 8.63. The van der Waals surface area contributed by atoms with Gasteiger partial charge in [-0.1, -0.05) is 29.9 Å². The highest BCUT2D eigenvalue weighted by Gasteiger charge is 2.57. The van der Waals surface area contributed by atoms with Crippen LogP contribution in [0.2, 0.25) is 0 Å². The van der Waals surface area contributed by atoms with Crippen LogP contribution in [-0.4, -0.2) is 35.5 Å². The van der Waals surface area contributed by atoms with Crippen molar-refractivity contribution in [1.82, 2.24) is 0 Å². The van der Waals surface area contributed by atoms with E-state index in [-0.39, 0.29) is 29.4 Å². The molecule has 0 aromatic carbocycles. The molecule has 0 amide bonds. The normalized spacial score (nSPS) is 44.1. The van der Waals surface area contributed by atoms with Crippen LogP contribution in [0.5, 0.6) is 0 Å². The van der Waals surface area contributed by atoms with Crippen molar-refractivity contribution in [2.24, 2.45) is 0 Å². The third-order valence-corrected chi connectivity index (χ3v) is 6.06. The van der Waals surface area contributed by atoms with Crippen molar-refractivity contribution < 1.29 is 19.0 Å². The molecule has 0 aromatic heterocycles. The SMILES string of the molecule is C=C(C)/C1=C/C=C(\C)CC[C@@H]2O[C@@]2(C)CC[C@H]2O[C@]2(C)C[C@@H]1OC(C)=O. The van der Waals surface area contributed by atoms with E-state index in [0.29, 0.717) is 12.5 Å². The second kappa shape index (κ2) is 6.97. The molecule has 4 heteroatoms. The Hall–Kier alpha value is -1.39. The van der Waals surface area contributed by atoms with Crippen LogP contribution in [0, 0.1) is 0 Å². The average Bonchev–Trinajstić information content (AvgIpc) is 3.37. The number of rotatable bonds is 2. The van der Waals surface area contributed by atoms with Crippen molar-refractivity contribution >= 4 is 5.97 Å². The van der Waals surface area contributed by atoms with Crippen LogP contribution in [0.4, 0.5) is 0 Å². The lowest BCUT2D eigenvalue weighted by molar-refractivity contribution is -0.145. The number of ether oxygens (including phenoxy) is 3. The standard InChI is InChI=1S/C22H32O4/c1-14(2)17-9-7-15(3)8-10-19-21(5,25-19)12-11-20-22(6,26-20)13-18(17)24-16(4)23/h7,9,18-20H,1,8,10-13H2,2-6H3/b15-7+,17-9-/t18-,19-,20+,21-,22+/m0/s1. The minimum atomic E-state index is -0.326. The van der Waals surface area contributed by atoms with Crippen molar-refractivity contribution in [3.05, 3.63) is 35.5 Å². The number of allylic oxidation sites excluding steroid dienone is 3. The molecule has 144 valence electrons. The van der Waals surface area contributed by atoms with E-state index in [2.05, 4.69) is 39.5 Å². The van der Waals surface area contributed by atoms with E-state index in [1.807, 2.05) is 6.92 Å². The number of epoxide rings is 2. The Morgan fingerprint density at radius 1 is 1.15 bits per heavy atom. The van der Waals surface area contributed by atoms with Crippen LogP contribution in [-0.2, 0) is 19.0 Å². The van der Waals surface area contributed by atoms with Crippen LogP contribution in [0.25, 0.3) is 0 Å². The zero-order valence-electron chi connectivity index (χ0n) is 16.8. The molecule has 0 saturated carbocycles. The molecule has 0 bridgehead atoms. The van der Waals surface area contributed by atoms with Gasteiger partial charge in [0.15, 0.2) is 0 Å². The van der Waals surface area contributed by atoms with Crippen molar-refractivity contribution in [1.29, 1.82) is 0 Å². The molecule has 0 spiro atoms. The predicted molar refractivity (Wildman–Crippen MR) is 102 cm³/mol. The maximum atomic E-state index is 11.7. The van der Waals surface area contributed by atoms with Crippen LogP contribution in [0.1, 0.15) is 66.7 Å². The highest BCUT2D eigenvalue weighted by molar-refractivity contribution is 5.66. The molecule has 2 aliphatic heterocycles. The van der Waals surface area contributed by atoms with Crippen molar-refractivity contribution in [2.75, 3.05) is 0 Å². The van der Waals surface area contributed by atoms with Crippen LogP contribution >= 0.6 is 0 Å². The third kappa shape index (κ3) is 4.29. The summed E-state index contributed by atoms with van der Waals surface area (Å²) < 4.78 is 17.7. The fourth-order valence-corrected chi connectivity index (χ4v) is 4.11. The smallest absolute Gasteiger partial charge is 0.303 e. The maximum absolute atomic E-state index is 11.7. The number of carbonyl (C=O) groups is 1. The van der Waals surface area contributed by atoms with Gasteiger partial charge in [-0.05, 0) is 59.0 Å². The molecule has 0 aromatic rings. The quantitative estimate of drug-likeness (QED) is 0.531. The Kier molecular flexibility index (Phi) is 5.19. The number of hydrogen-bond acceptors (Lipinski definition) is 4. The van der Waals surface area contributed by atoms with E-state index >= 15 is 0 Å². The van der Waals surface area contributed by atoms with Gasteiger partial charge >= 0.3 is 5.97 Å². The van der Waals surface area contributed by atoms with Crippen LogP contribution in [0.3, 0.4) is 0 Å². The number of fused-ring (bicyclic) bond motifs is 2. The van der Waals surface area contributed by atoms with Crippen LogP contribution < -0.4 is 0 Å². The van der Waals surface area contributed by atoms with Gasteiger partial charge in [0.2, 0.25) is 0 Å². The minimum absolute atomic E-state index is 0.00521. The summed E-state index contributed by atoms with van der Waals surface area (Å²) in [4.78, 5) is 11.7. The first-order valence-corrected chi connectivity index (χ1v) is 9.69. The molecule has 0 unspecified atom stereocenters. The van der Waals surface area contributed by atoms with Gasteiger partial charge in [-0.25, -0.2) is 0 Å². The predicted octanol–water partition coefficient (Wildman–Crippen LogP) is 4.65. The summed E-state index contributed by atoms with van der Waals surface area (Å²) in [6, 6.07) is 0. The molecule has 26 heavy (non-hydrogen) atoms. The molecule has 1 aliphatic carbocycles. The Bertz CT molecular complexity index is 661. The van der Waals surface area contributed by atoms with Gasteiger partial charge in [0, 0.05) is 13.3 Å². The summed E-state index contributed by atoms with van der Waals surface area (Å²) >= 11 is 0. The minimum Gasteiger partial charge on any atom is -0.458 e. The zero-order valence-corrected chi connectivity index (χ0v) is 16.8. The largest absolute Gasteiger partial charge is 0.458 e. The molecule has 4 nitrogen and oxygen atoms in total. The monoisotopic (exact) mass is 360 g/mol. The summed E-state index contributed by atoms with van der Waals surface area (Å²) in [5.74, 6) is -0.272. The number of hydrogen-bond donors (Lipinski definition) is 0. The molecule has 2 fully saturated rings. The van der Waals surface area contributed by atoms with E-state index in [1.165, 1.54) is 12.5 Å². The van der Waals surface area contributed by atoms with Gasteiger partial charge < -0.3 is 14.2 Å². The molecule has 0 radical (unpaired) electrons. The molecule has 0 N–H and O–H groups in total. The highest BCUT2D eigenvalue weighted by atomic mass is 16.6. The fourth-order valence-electron chi connectivity index (χ4n) is 4.11. The van der Waals surface area contributed by atoms with Gasteiger partial charge in [0.25, 0.3) is 0 Å². The fraction of sp³-hybridized carbons (Fsp3) is 0.682. The second-order valence-corrected chi connectivity index (χ2v) is 8.63. The van der Waals surface area contributed by atoms with Crippen molar-refractivity contribution in [3.63, 3.8) is 0 Å². The summed E-state index contributed by atoms with van der Waals surface area (Å²) in [7, 11) is 0. The Labute approximate surface area is 157 Å². The van der Waals surface area contributed by atoms with E-state index < -0.39 is 0 Å². The number of esters is 1. The van der Waals surface area contributed by atoms with E-state index in [9.17, 15) is 4.79 Å². The number of carbonyl (C=O) groups excluding carboxylic acids is 1. The van der Waals surface area contributed by atoms with E-state index in [0.717, 1.165) is 36.8 Å². The van der Waals surface area contributed by atoms with E-state index in [1.54, 1.807) is 0 Å². The third-order valence-electron chi connectivity index (χ3n) is 6.06. The van der Waals surface area contributed by atoms with Crippen molar-refractivity contribution in [2.45, 2.75) is 96.2 Å². The Morgan fingerprint density at radius 3 is 2.46 bits per heavy atom. The Morgan fingerprint density at radius 2 is 1.81 bits per heavy atom. The molecular weight excluding hydrogens is 328 g/mol. The maximum Gasteiger partial charge on any atom is 0.303 e. The lowest BCUT2D eigenvalue weighted by atomic mass is 9.88. The molecule has 5 atom stereocenters.